The number of ketones is 1. The molecule has 9 heteroatoms. The van der Waals surface area contributed by atoms with E-state index < -0.39 is 24.2 Å². The maximum Gasteiger partial charge on any atom is 0.348 e. The van der Waals surface area contributed by atoms with Crippen molar-refractivity contribution >= 4 is 44.8 Å². The summed E-state index contributed by atoms with van der Waals surface area (Å²) in [7, 11) is 0. The number of carbonyl (C=O) groups is 3. The quantitative estimate of drug-likeness (QED) is 0.429. The third kappa shape index (κ3) is 4.47. The van der Waals surface area contributed by atoms with Crippen LogP contribution >= 0.6 is 11.3 Å². The lowest BCUT2D eigenvalue weighted by Crippen LogP contribution is -2.50. The minimum Gasteiger partial charge on any atom is -0.451 e. The third-order valence-electron chi connectivity index (χ3n) is 5.36. The van der Waals surface area contributed by atoms with E-state index in [0.29, 0.717) is 47.5 Å². The van der Waals surface area contributed by atoms with Crippen LogP contribution in [0.1, 0.15) is 27.0 Å². The van der Waals surface area contributed by atoms with E-state index in [1.165, 1.54) is 25.1 Å². The molecule has 0 bridgehead atoms. The molecule has 6 nitrogen and oxygen atoms in total. The molecule has 3 aromatic rings. The van der Waals surface area contributed by atoms with Gasteiger partial charge in [0.05, 0.1) is 5.69 Å². The lowest BCUT2D eigenvalue weighted by Gasteiger charge is -2.36. The minimum atomic E-state index is -0.676. The highest BCUT2D eigenvalue weighted by Crippen LogP contribution is 2.28. The molecule has 1 saturated heterocycles. The number of esters is 1. The molecule has 0 unspecified atom stereocenters. The summed E-state index contributed by atoms with van der Waals surface area (Å²) in [6.07, 6.45) is 0. The van der Waals surface area contributed by atoms with Gasteiger partial charge in [-0.3, -0.25) is 9.59 Å². The van der Waals surface area contributed by atoms with Gasteiger partial charge in [0.2, 0.25) is 0 Å². The number of ether oxygens (including phenoxy) is 1. The van der Waals surface area contributed by atoms with Crippen molar-refractivity contribution in [2.45, 2.75) is 6.92 Å². The van der Waals surface area contributed by atoms with Crippen molar-refractivity contribution in [3.8, 4) is 0 Å². The van der Waals surface area contributed by atoms with Crippen LogP contribution in [-0.4, -0.2) is 55.3 Å². The molecule has 1 aliphatic heterocycles. The number of benzene rings is 2. The highest BCUT2D eigenvalue weighted by Gasteiger charge is 2.24. The predicted molar refractivity (Wildman–Crippen MR) is 117 cm³/mol. The number of rotatable bonds is 5. The Bertz CT molecular complexity index is 1200. The van der Waals surface area contributed by atoms with E-state index in [-0.39, 0.29) is 16.6 Å². The summed E-state index contributed by atoms with van der Waals surface area (Å²) in [6.45, 7) is 2.47. The van der Waals surface area contributed by atoms with Crippen molar-refractivity contribution in [1.82, 2.24) is 4.90 Å². The first-order valence-corrected chi connectivity index (χ1v) is 10.8. The molecule has 0 aliphatic carbocycles. The summed E-state index contributed by atoms with van der Waals surface area (Å²) < 4.78 is 33.9. The molecule has 1 aliphatic rings. The molecule has 0 saturated carbocycles. The van der Waals surface area contributed by atoms with Crippen LogP contribution in [0, 0.1) is 11.6 Å². The molecule has 1 fully saturated rings. The molecular weight excluding hydrogens is 438 g/mol. The van der Waals surface area contributed by atoms with Gasteiger partial charge >= 0.3 is 5.97 Å². The first-order chi connectivity index (χ1) is 15.3. The number of hydrogen-bond acceptors (Lipinski definition) is 6. The zero-order chi connectivity index (χ0) is 22.8. The molecule has 1 aromatic heterocycles. The predicted octanol–water partition coefficient (Wildman–Crippen LogP) is 3.89. The van der Waals surface area contributed by atoms with E-state index >= 15 is 0 Å². The van der Waals surface area contributed by atoms with Gasteiger partial charge in [0.15, 0.2) is 12.4 Å². The van der Waals surface area contributed by atoms with E-state index in [9.17, 15) is 23.2 Å². The van der Waals surface area contributed by atoms with Gasteiger partial charge < -0.3 is 14.5 Å². The normalized spacial score (nSPS) is 14.0. The maximum atomic E-state index is 14.4. The summed E-state index contributed by atoms with van der Waals surface area (Å²) in [6, 6.07) is 10.4. The van der Waals surface area contributed by atoms with Crippen molar-refractivity contribution < 1.29 is 27.9 Å². The van der Waals surface area contributed by atoms with Crippen LogP contribution in [0.4, 0.5) is 14.5 Å². The van der Waals surface area contributed by atoms with E-state index in [4.69, 9.17) is 4.74 Å². The minimum absolute atomic E-state index is 0.207. The average Bonchev–Trinajstić information content (AvgIpc) is 3.23. The number of amides is 1. The average molecular weight is 458 g/mol. The van der Waals surface area contributed by atoms with Crippen LogP contribution in [0.3, 0.4) is 0 Å². The molecule has 32 heavy (non-hydrogen) atoms. The second kappa shape index (κ2) is 9.04. The standard InChI is InChI=1S/C23H20F2N2O4S/c1-14(28)15-5-6-19(18(25)11-15)26-7-9-27(10-8-26)22(29)13-31-23(30)21-12-16-17(24)3-2-4-20(16)32-21/h2-6,11-12H,7-10,13H2,1H3. The fourth-order valence-electron chi connectivity index (χ4n) is 3.59. The lowest BCUT2D eigenvalue weighted by molar-refractivity contribution is -0.134. The Morgan fingerprint density at radius 3 is 2.41 bits per heavy atom. The Morgan fingerprint density at radius 2 is 1.75 bits per heavy atom. The van der Waals surface area contributed by atoms with E-state index in [2.05, 4.69) is 0 Å². The van der Waals surface area contributed by atoms with Gasteiger partial charge in [-0.25, -0.2) is 13.6 Å². The van der Waals surface area contributed by atoms with Crippen LogP contribution < -0.4 is 4.90 Å². The van der Waals surface area contributed by atoms with Gasteiger partial charge in [0.25, 0.3) is 5.91 Å². The van der Waals surface area contributed by atoms with Gasteiger partial charge in [0.1, 0.15) is 16.5 Å². The number of Topliss-reactive ketones (excluding diaryl/α,β-unsaturated/α-hetero) is 1. The first-order valence-electron chi connectivity index (χ1n) is 10.0. The second-order valence-corrected chi connectivity index (χ2v) is 8.51. The molecule has 0 N–H and O–H groups in total. The Morgan fingerprint density at radius 1 is 1.00 bits per heavy atom. The van der Waals surface area contributed by atoms with Crippen LogP contribution in [0.5, 0.6) is 0 Å². The molecule has 2 aromatic carbocycles. The second-order valence-electron chi connectivity index (χ2n) is 7.43. The number of anilines is 1. The fourth-order valence-corrected chi connectivity index (χ4v) is 4.56. The Kier molecular flexibility index (Phi) is 6.18. The summed E-state index contributed by atoms with van der Waals surface area (Å²) in [5.41, 5.74) is 0.689. The molecule has 0 spiro atoms. The lowest BCUT2D eigenvalue weighted by atomic mass is 10.1. The summed E-state index contributed by atoms with van der Waals surface area (Å²) >= 11 is 1.11. The van der Waals surface area contributed by atoms with Crippen LogP contribution in [-0.2, 0) is 9.53 Å². The first kappa shape index (κ1) is 21.9. The molecule has 4 rings (SSSR count). The monoisotopic (exact) mass is 458 g/mol. The van der Waals surface area contributed by atoms with Crippen molar-refractivity contribution in [2.75, 3.05) is 37.7 Å². The topological polar surface area (TPSA) is 66.9 Å². The molecular formula is C23H20F2N2O4S. The number of halogens is 2. The highest BCUT2D eigenvalue weighted by molar-refractivity contribution is 7.20. The Labute approximate surface area is 187 Å². The van der Waals surface area contributed by atoms with Gasteiger partial charge in [-0.1, -0.05) is 6.07 Å². The maximum absolute atomic E-state index is 14.4. The molecule has 2 heterocycles. The number of fused-ring (bicyclic) bond motifs is 1. The van der Waals surface area contributed by atoms with Gasteiger partial charge in [0, 0.05) is 41.8 Å². The van der Waals surface area contributed by atoms with Crippen LogP contribution in [0.25, 0.3) is 10.1 Å². The van der Waals surface area contributed by atoms with Crippen LogP contribution in [0.15, 0.2) is 42.5 Å². The summed E-state index contributed by atoms with van der Waals surface area (Å²) in [5.74, 6) is -2.13. The van der Waals surface area contributed by atoms with Crippen molar-refractivity contribution in [3.05, 3.63) is 64.5 Å². The van der Waals surface area contributed by atoms with E-state index in [1.807, 2.05) is 0 Å². The summed E-state index contributed by atoms with van der Waals surface area (Å²) in [5, 5.41) is 0.343. The molecule has 0 radical (unpaired) electrons. The number of thiophene rings is 1. The third-order valence-corrected chi connectivity index (χ3v) is 6.44. The smallest absolute Gasteiger partial charge is 0.348 e. The Balaban J connectivity index is 1.31. The van der Waals surface area contributed by atoms with Gasteiger partial charge in [-0.15, -0.1) is 11.3 Å². The number of hydrogen-bond donors (Lipinski definition) is 0. The summed E-state index contributed by atoms with van der Waals surface area (Å²) in [4.78, 5) is 39.7. The van der Waals surface area contributed by atoms with E-state index in [1.54, 1.807) is 34.1 Å². The number of nitrogens with zero attached hydrogens (tertiary/aromatic N) is 2. The van der Waals surface area contributed by atoms with Crippen molar-refractivity contribution in [2.24, 2.45) is 0 Å². The zero-order valence-electron chi connectivity index (χ0n) is 17.3. The van der Waals surface area contributed by atoms with Gasteiger partial charge in [-0.05, 0) is 43.3 Å². The van der Waals surface area contributed by atoms with E-state index in [0.717, 1.165) is 11.3 Å². The molecule has 0 atom stereocenters. The highest BCUT2D eigenvalue weighted by atomic mass is 32.1. The Hall–Kier alpha value is -3.33. The molecule has 1 amide bonds. The largest absolute Gasteiger partial charge is 0.451 e. The SMILES string of the molecule is CC(=O)c1ccc(N2CCN(C(=O)COC(=O)c3cc4c(F)cccc4s3)CC2)c(F)c1. The number of carbonyl (C=O) groups excluding carboxylic acids is 3. The van der Waals surface area contributed by atoms with Gasteiger partial charge in [-0.2, -0.15) is 0 Å². The number of piperazine rings is 1. The zero-order valence-corrected chi connectivity index (χ0v) is 18.1. The molecule has 166 valence electrons. The van der Waals surface area contributed by atoms with Crippen molar-refractivity contribution in [3.63, 3.8) is 0 Å². The van der Waals surface area contributed by atoms with Crippen LogP contribution in [0.2, 0.25) is 0 Å². The fraction of sp³-hybridized carbons (Fsp3) is 0.261. The van der Waals surface area contributed by atoms with Crippen molar-refractivity contribution in [1.29, 1.82) is 0 Å².